The molecule has 1 atom stereocenters. The minimum atomic E-state index is 0.837. The van der Waals surface area contributed by atoms with Crippen LogP contribution in [0.15, 0.2) is 35.9 Å². The zero-order chi connectivity index (χ0) is 19.6. The van der Waals surface area contributed by atoms with Crippen LogP contribution in [0.25, 0.3) is 0 Å². The van der Waals surface area contributed by atoms with Crippen LogP contribution in [0, 0.1) is 17.8 Å². The summed E-state index contributed by atoms with van der Waals surface area (Å²) in [4.78, 5) is 0. The Morgan fingerprint density at radius 2 is 1.64 bits per heavy atom. The van der Waals surface area contributed by atoms with Gasteiger partial charge < -0.3 is 4.74 Å². The van der Waals surface area contributed by atoms with Gasteiger partial charge in [-0.25, -0.2) is 0 Å². The van der Waals surface area contributed by atoms with Crippen molar-refractivity contribution >= 4 is 0 Å². The molecule has 1 aromatic rings. The van der Waals surface area contributed by atoms with Crippen molar-refractivity contribution < 1.29 is 4.74 Å². The maximum absolute atomic E-state index is 5.77. The highest BCUT2D eigenvalue weighted by Crippen LogP contribution is 2.41. The van der Waals surface area contributed by atoms with Crippen molar-refractivity contribution in [2.45, 2.75) is 97.3 Å². The molecule has 2 aliphatic rings. The topological polar surface area (TPSA) is 9.23 Å². The molecule has 0 spiro atoms. The molecule has 0 aliphatic heterocycles. The normalized spacial score (nSPS) is 25.4. The summed E-state index contributed by atoms with van der Waals surface area (Å²) in [6.07, 6.45) is 20.3. The summed E-state index contributed by atoms with van der Waals surface area (Å²) in [6, 6.07) is 8.79. The number of ether oxygens (including phenoxy) is 1. The molecule has 0 heterocycles. The second-order valence-corrected chi connectivity index (χ2v) is 9.31. The largest absolute Gasteiger partial charge is 0.494 e. The molecule has 2 aliphatic carbocycles. The van der Waals surface area contributed by atoms with Gasteiger partial charge in [0.25, 0.3) is 0 Å². The van der Waals surface area contributed by atoms with Gasteiger partial charge in [0.2, 0.25) is 0 Å². The third-order valence-electron chi connectivity index (χ3n) is 7.23. The summed E-state index contributed by atoms with van der Waals surface area (Å²) >= 11 is 0. The molecule has 0 amide bonds. The second-order valence-electron chi connectivity index (χ2n) is 9.31. The van der Waals surface area contributed by atoms with E-state index in [1.807, 2.05) is 0 Å². The van der Waals surface area contributed by atoms with Crippen LogP contribution in [-0.2, 0) is 6.42 Å². The predicted octanol–water partition coefficient (Wildman–Crippen LogP) is 8.13. The van der Waals surface area contributed by atoms with Crippen LogP contribution in [0.5, 0.6) is 5.75 Å². The quantitative estimate of drug-likeness (QED) is 0.293. The standard InChI is InChI=1S/C27H42O/c1-3-5-21-28-27-19-13-24(14-20-27)8-7-23-11-17-26(18-12-23)25-15-9-22(6-4-2)10-16-25/h11,13-14,19-20,22,25-26H,3-10,12,15-18,21H2,1-2H3/t22-,25-,26?. The van der Waals surface area contributed by atoms with Gasteiger partial charge in [-0.05, 0) is 86.8 Å². The highest BCUT2D eigenvalue weighted by atomic mass is 16.5. The molecule has 1 aromatic carbocycles. The van der Waals surface area contributed by atoms with Crippen LogP contribution in [-0.4, -0.2) is 6.61 Å². The summed E-state index contributed by atoms with van der Waals surface area (Å²) in [7, 11) is 0. The molecular formula is C27H42O. The molecule has 28 heavy (non-hydrogen) atoms. The lowest BCUT2D eigenvalue weighted by molar-refractivity contribution is 0.186. The van der Waals surface area contributed by atoms with Gasteiger partial charge in [0.1, 0.15) is 5.75 Å². The van der Waals surface area contributed by atoms with E-state index in [4.69, 9.17) is 4.74 Å². The summed E-state index contributed by atoms with van der Waals surface area (Å²) in [6.45, 7) is 5.38. The Labute approximate surface area is 174 Å². The third kappa shape index (κ3) is 6.68. The molecule has 1 saturated carbocycles. The number of hydrogen-bond acceptors (Lipinski definition) is 1. The Bertz CT molecular complexity index is 577. The van der Waals surface area contributed by atoms with E-state index in [1.54, 1.807) is 5.57 Å². The summed E-state index contributed by atoms with van der Waals surface area (Å²) in [5, 5.41) is 0. The maximum Gasteiger partial charge on any atom is 0.119 e. The molecular weight excluding hydrogens is 340 g/mol. The Hall–Kier alpha value is -1.24. The fourth-order valence-corrected chi connectivity index (χ4v) is 5.31. The monoisotopic (exact) mass is 382 g/mol. The average Bonchev–Trinajstić information content (AvgIpc) is 2.75. The minimum Gasteiger partial charge on any atom is -0.494 e. The van der Waals surface area contributed by atoms with Gasteiger partial charge in [-0.2, -0.15) is 0 Å². The van der Waals surface area contributed by atoms with E-state index in [0.717, 1.165) is 36.5 Å². The van der Waals surface area contributed by atoms with Crippen LogP contribution in [0.1, 0.15) is 96.5 Å². The van der Waals surface area contributed by atoms with Crippen LogP contribution in [0.2, 0.25) is 0 Å². The van der Waals surface area contributed by atoms with E-state index in [0.29, 0.717) is 0 Å². The van der Waals surface area contributed by atoms with E-state index < -0.39 is 0 Å². The number of aryl methyl sites for hydroxylation is 1. The van der Waals surface area contributed by atoms with E-state index >= 15 is 0 Å². The first-order valence-electron chi connectivity index (χ1n) is 12.2. The van der Waals surface area contributed by atoms with E-state index in [-0.39, 0.29) is 0 Å². The fraction of sp³-hybridized carbons (Fsp3) is 0.704. The third-order valence-corrected chi connectivity index (χ3v) is 7.23. The van der Waals surface area contributed by atoms with Crippen molar-refractivity contribution in [1.82, 2.24) is 0 Å². The molecule has 1 nitrogen and oxygen atoms in total. The number of allylic oxidation sites excluding steroid dienone is 2. The molecule has 0 bridgehead atoms. The van der Waals surface area contributed by atoms with Crippen molar-refractivity contribution in [3.8, 4) is 5.75 Å². The zero-order valence-electron chi connectivity index (χ0n) is 18.4. The Balaban J connectivity index is 1.37. The molecule has 0 radical (unpaired) electrons. The van der Waals surface area contributed by atoms with Crippen molar-refractivity contribution in [2.75, 3.05) is 6.61 Å². The molecule has 0 N–H and O–H groups in total. The summed E-state index contributed by atoms with van der Waals surface area (Å²) in [5.74, 6) is 4.06. The molecule has 1 fully saturated rings. The first kappa shape index (κ1) is 21.5. The highest BCUT2D eigenvalue weighted by Gasteiger charge is 2.28. The Morgan fingerprint density at radius 3 is 2.29 bits per heavy atom. The zero-order valence-corrected chi connectivity index (χ0v) is 18.4. The summed E-state index contributed by atoms with van der Waals surface area (Å²) in [5.41, 5.74) is 3.15. The predicted molar refractivity (Wildman–Crippen MR) is 121 cm³/mol. The lowest BCUT2D eigenvalue weighted by Crippen LogP contribution is -2.23. The number of unbranched alkanes of at least 4 members (excludes halogenated alkanes) is 1. The van der Waals surface area contributed by atoms with Gasteiger partial charge in [-0.3, -0.25) is 0 Å². The average molecular weight is 383 g/mol. The van der Waals surface area contributed by atoms with E-state index in [1.165, 1.54) is 82.6 Å². The van der Waals surface area contributed by atoms with E-state index in [9.17, 15) is 0 Å². The summed E-state index contributed by atoms with van der Waals surface area (Å²) < 4.78 is 5.77. The van der Waals surface area contributed by atoms with Gasteiger partial charge >= 0.3 is 0 Å². The molecule has 0 aromatic heterocycles. The molecule has 1 heteroatoms. The van der Waals surface area contributed by atoms with Crippen molar-refractivity contribution in [2.24, 2.45) is 17.8 Å². The molecule has 1 unspecified atom stereocenters. The van der Waals surface area contributed by atoms with Crippen molar-refractivity contribution in [3.05, 3.63) is 41.5 Å². The fourth-order valence-electron chi connectivity index (χ4n) is 5.31. The molecule has 3 rings (SSSR count). The van der Waals surface area contributed by atoms with Gasteiger partial charge in [0, 0.05) is 0 Å². The van der Waals surface area contributed by atoms with Gasteiger partial charge in [0.05, 0.1) is 6.61 Å². The number of rotatable bonds is 10. The van der Waals surface area contributed by atoms with Gasteiger partial charge in [0.15, 0.2) is 0 Å². The lowest BCUT2D eigenvalue weighted by atomic mass is 9.70. The number of benzene rings is 1. The van der Waals surface area contributed by atoms with Crippen molar-refractivity contribution in [1.29, 1.82) is 0 Å². The van der Waals surface area contributed by atoms with E-state index in [2.05, 4.69) is 44.2 Å². The van der Waals surface area contributed by atoms with Crippen LogP contribution >= 0.6 is 0 Å². The SMILES string of the molecule is CCCCOc1ccc(CCC2=CCC([C@H]3CC[C@H](CCC)CC3)CC2)cc1. The van der Waals surface area contributed by atoms with Crippen LogP contribution in [0.3, 0.4) is 0 Å². The highest BCUT2D eigenvalue weighted by molar-refractivity contribution is 5.28. The number of hydrogen-bond donors (Lipinski definition) is 0. The Kier molecular flexibility index (Phi) is 8.96. The van der Waals surface area contributed by atoms with Gasteiger partial charge in [-0.1, -0.05) is 69.7 Å². The van der Waals surface area contributed by atoms with Crippen LogP contribution in [0.4, 0.5) is 0 Å². The smallest absolute Gasteiger partial charge is 0.119 e. The second kappa shape index (κ2) is 11.7. The molecule has 0 saturated heterocycles. The van der Waals surface area contributed by atoms with Gasteiger partial charge in [-0.15, -0.1) is 0 Å². The maximum atomic E-state index is 5.77. The lowest BCUT2D eigenvalue weighted by Gasteiger charge is -2.35. The first-order valence-corrected chi connectivity index (χ1v) is 12.2. The first-order chi connectivity index (χ1) is 13.8. The Morgan fingerprint density at radius 1 is 0.857 bits per heavy atom. The minimum absolute atomic E-state index is 0.837. The molecule has 156 valence electrons. The van der Waals surface area contributed by atoms with Crippen molar-refractivity contribution in [3.63, 3.8) is 0 Å². The van der Waals surface area contributed by atoms with Crippen LogP contribution < -0.4 is 4.74 Å².